The van der Waals surface area contributed by atoms with Crippen LogP contribution in [0.3, 0.4) is 0 Å². The Morgan fingerprint density at radius 2 is 1.50 bits per heavy atom. The van der Waals surface area contributed by atoms with Gasteiger partial charge in [-0.25, -0.2) is 9.97 Å². The average Bonchev–Trinajstić information content (AvgIpc) is 2.39. The van der Waals surface area contributed by atoms with Gasteiger partial charge in [-0.1, -0.05) is 52.4 Å². The van der Waals surface area contributed by atoms with Gasteiger partial charge in [-0.2, -0.15) is 0 Å². The monoisotopic (exact) mass is 248 g/mol. The van der Waals surface area contributed by atoms with E-state index in [1.165, 1.54) is 56.9 Å². The topological polar surface area (TPSA) is 25.8 Å². The molecule has 0 spiro atoms. The number of unbranched alkanes of at least 4 members (excludes halogenated alkanes) is 4. The molecule has 0 fully saturated rings. The first-order valence-corrected chi connectivity index (χ1v) is 7.56. The van der Waals surface area contributed by atoms with Crippen LogP contribution in [-0.4, -0.2) is 9.97 Å². The highest BCUT2D eigenvalue weighted by Crippen LogP contribution is 2.27. The zero-order valence-electron chi connectivity index (χ0n) is 12.3. The van der Waals surface area contributed by atoms with Crippen LogP contribution >= 0.6 is 0 Å². The second-order valence-corrected chi connectivity index (χ2v) is 5.25. The maximum absolute atomic E-state index is 4.34. The van der Waals surface area contributed by atoms with Crippen LogP contribution in [0.1, 0.15) is 82.5 Å². The van der Waals surface area contributed by atoms with E-state index in [1.54, 1.807) is 0 Å². The molecule has 18 heavy (non-hydrogen) atoms. The Balaban J connectivity index is 2.51. The predicted octanol–water partition coefficient (Wildman–Crippen LogP) is 5.03. The lowest BCUT2D eigenvalue weighted by molar-refractivity contribution is 0.506. The molecule has 1 atom stereocenters. The van der Waals surface area contributed by atoms with E-state index in [9.17, 15) is 0 Å². The van der Waals surface area contributed by atoms with Gasteiger partial charge < -0.3 is 0 Å². The lowest BCUT2D eigenvalue weighted by Crippen LogP contribution is -2.02. The second kappa shape index (κ2) is 9.07. The molecule has 0 radical (unpaired) electrons. The first kappa shape index (κ1) is 15.1. The van der Waals surface area contributed by atoms with E-state index in [0.717, 1.165) is 5.82 Å². The van der Waals surface area contributed by atoms with Gasteiger partial charge in [-0.05, 0) is 31.2 Å². The molecule has 1 unspecified atom stereocenters. The van der Waals surface area contributed by atoms with Gasteiger partial charge in [0.1, 0.15) is 5.82 Å². The van der Waals surface area contributed by atoms with Crippen molar-refractivity contribution >= 4 is 0 Å². The predicted molar refractivity (Wildman–Crippen MR) is 77.8 cm³/mol. The SMILES string of the molecule is CCCCCCC(CCCC)c1cnc(C)nc1. The highest BCUT2D eigenvalue weighted by molar-refractivity contribution is 5.11. The molecule has 0 aliphatic rings. The van der Waals surface area contributed by atoms with E-state index in [1.807, 2.05) is 19.3 Å². The summed E-state index contributed by atoms with van der Waals surface area (Å²) < 4.78 is 0. The van der Waals surface area contributed by atoms with Gasteiger partial charge in [0.25, 0.3) is 0 Å². The first-order chi connectivity index (χ1) is 8.77. The molecule has 1 aromatic rings. The van der Waals surface area contributed by atoms with Gasteiger partial charge in [0.2, 0.25) is 0 Å². The standard InChI is InChI=1S/C16H28N2/c1-4-6-8-9-11-15(10-7-5-2)16-12-17-14(3)18-13-16/h12-13,15H,4-11H2,1-3H3. The molecule has 0 aliphatic carbocycles. The van der Waals surface area contributed by atoms with Gasteiger partial charge in [-0.3, -0.25) is 0 Å². The van der Waals surface area contributed by atoms with Gasteiger partial charge in [0.05, 0.1) is 0 Å². The minimum absolute atomic E-state index is 0.669. The largest absolute Gasteiger partial charge is 0.241 e. The molecule has 2 heteroatoms. The summed E-state index contributed by atoms with van der Waals surface area (Å²) in [5.41, 5.74) is 1.34. The van der Waals surface area contributed by atoms with Crippen molar-refractivity contribution in [1.82, 2.24) is 9.97 Å². The maximum Gasteiger partial charge on any atom is 0.125 e. The fourth-order valence-corrected chi connectivity index (χ4v) is 2.36. The highest BCUT2D eigenvalue weighted by Gasteiger charge is 2.11. The molecule has 0 amide bonds. The van der Waals surface area contributed by atoms with Gasteiger partial charge in [0, 0.05) is 12.4 Å². The van der Waals surface area contributed by atoms with Crippen LogP contribution in [0.4, 0.5) is 0 Å². The van der Waals surface area contributed by atoms with Crippen LogP contribution in [0.5, 0.6) is 0 Å². The summed E-state index contributed by atoms with van der Waals surface area (Å²) in [6, 6.07) is 0. The van der Waals surface area contributed by atoms with Crippen LogP contribution in [0.2, 0.25) is 0 Å². The second-order valence-electron chi connectivity index (χ2n) is 5.25. The Morgan fingerprint density at radius 3 is 2.11 bits per heavy atom. The molecule has 0 saturated heterocycles. The molecule has 2 nitrogen and oxygen atoms in total. The van der Waals surface area contributed by atoms with E-state index in [-0.39, 0.29) is 0 Å². The fourth-order valence-electron chi connectivity index (χ4n) is 2.36. The molecule has 0 N–H and O–H groups in total. The number of aromatic nitrogens is 2. The van der Waals surface area contributed by atoms with Crippen LogP contribution in [0, 0.1) is 6.92 Å². The summed E-state index contributed by atoms with van der Waals surface area (Å²) in [6.45, 7) is 6.48. The summed E-state index contributed by atoms with van der Waals surface area (Å²) in [5.74, 6) is 1.54. The third kappa shape index (κ3) is 5.61. The summed E-state index contributed by atoms with van der Waals surface area (Å²) in [5, 5.41) is 0. The maximum atomic E-state index is 4.34. The molecule has 0 aliphatic heterocycles. The van der Waals surface area contributed by atoms with E-state index in [0.29, 0.717) is 5.92 Å². The minimum atomic E-state index is 0.669. The molecular formula is C16H28N2. The summed E-state index contributed by atoms with van der Waals surface area (Å²) in [6.07, 6.45) is 14.6. The Morgan fingerprint density at radius 1 is 0.889 bits per heavy atom. The number of hydrogen-bond donors (Lipinski definition) is 0. The van der Waals surface area contributed by atoms with Crippen molar-refractivity contribution in [3.05, 3.63) is 23.8 Å². The molecule has 0 saturated carbocycles. The molecule has 0 aromatic carbocycles. The van der Waals surface area contributed by atoms with E-state index in [4.69, 9.17) is 0 Å². The number of aryl methyl sites for hydroxylation is 1. The van der Waals surface area contributed by atoms with Crippen molar-refractivity contribution in [2.24, 2.45) is 0 Å². The molecular weight excluding hydrogens is 220 g/mol. The third-order valence-corrected chi connectivity index (χ3v) is 3.58. The molecule has 0 bridgehead atoms. The van der Waals surface area contributed by atoms with Crippen molar-refractivity contribution in [3.63, 3.8) is 0 Å². The number of rotatable bonds is 9. The van der Waals surface area contributed by atoms with Crippen molar-refractivity contribution in [2.75, 3.05) is 0 Å². The lowest BCUT2D eigenvalue weighted by Gasteiger charge is -2.16. The lowest BCUT2D eigenvalue weighted by atomic mass is 9.90. The van der Waals surface area contributed by atoms with Crippen LogP contribution in [-0.2, 0) is 0 Å². The van der Waals surface area contributed by atoms with E-state index < -0.39 is 0 Å². The third-order valence-electron chi connectivity index (χ3n) is 3.58. The summed E-state index contributed by atoms with van der Waals surface area (Å²) in [4.78, 5) is 8.68. The zero-order chi connectivity index (χ0) is 13.2. The van der Waals surface area contributed by atoms with Crippen molar-refractivity contribution in [2.45, 2.75) is 78.1 Å². The Labute approximate surface area is 112 Å². The minimum Gasteiger partial charge on any atom is -0.241 e. The van der Waals surface area contributed by atoms with Crippen molar-refractivity contribution in [1.29, 1.82) is 0 Å². The first-order valence-electron chi connectivity index (χ1n) is 7.56. The van der Waals surface area contributed by atoms with Gasteiger partial charge in [0.15, 0.2) is 0 Å². The van der Waals surface area contributed by atoms with E-state index in [2.05, 4.69) is 23.8 Å². The van der Waals surface area contributed by atoms with Crippen LogP contribution in [0.15, 0.2) is 12.4 Å². The normalized spacial score (nSPS) is 12.6. The fraction of sp³-hybridized carbons (Fsp3) is 0.750. The van der Waals surface area contributed by atoms with Gasteiger partial charge in [-0.15, -0.1) is 0 Å². The summed E-state index contributed by atoms with van der Waals surface area (Å²) in [7, 11) is 0. The molecule has 102 valence electrons. The molecule has 1 aromatic heterocycles. The summed E-state index contributed by atoms with van der Waals surface area (Å²) >= 11 is 0. The number of hydrogen-bond acceptors (Lipinski definition) is 2. The van der Waals surface area contributed by atoms with Gasteiger partial charge >= 0.3 is 0 Å². The Bertz CT molecular complexity index is 305. The van der Waals surface area contributed by atoms with Crippen LogP contribution < -0.4 is 0 Å². The number of nitrogens with zero attached hydrogens (tertiary/aromatic N) is 2. The molecule has 1 heterocycles. The van der Waals surface area contributed by atoms with Crippen LogP contribution in [0.25, 0.3) is 0 Å². The Kier molecular flexibility index (Phi) is 7.63. The van der Waals surface area contributed by atoms with Crippen molar-refractivity contribution < 1.29 is 0 Å². The zero-order valence-corrected chi connectivity index (χ0v) is 12.3. The average molecular weight is 248 g/mol. The Hall–Kier alpha value is -0.920. The van der Waals surface area contributed by atoms with Crippen molar-refractivity contribution in [3.8, 4) is 0 Å². The quantitative estimate of drug-likeness (QED) is 0.573. The highest BCUT2D eigenvalue weighted by atomic mass is 14.8. The smallest absolute Gasteiger partial charge is 0.125 e. The van der Waals surface area contributed by atoms with E-state index >= 15 is 0 Å². The molecule has 1 rings (SSSR count).